The third-order valence-corrected chi connectivity index (χ3v) is 3.66. The van der Waals surface area contributed by atoms with Gasteiger partial charge < -0.3 is 15.4 Å². The van der Waals surface area contributed by atoms with Crippen LogP contribution in [0.15, 0.2) is 48.5 Å². The van der Waals surface area contributed by atoms with E-state index in [2.05, 4.69) is 34.4 Å². The lowest BCUT2D eigenvalue weighted by atomic mass is 10.2. The molecule has 0 saturated carbocycles. The van der Waals surface area contributed by atoms with Crippen molar-refractivity contribution in [1.82, 2.24) is 9.97 Å². The van der Waals surface area contributed by atoms with Crippen LogP contribution in [0.2, 0.25) is 0 Å². The van der Waals surface area contributed by atoms with Crippen molar-refractivity contribution < 1.29 is 4.74 Å². The largest absolute Gasteiger partial charge is 0.496 e. The van der Waals surface area contributed by atoms with Gasteiger partial charge in [0.25, 0.3) is 0 Å². The van der Waals surface area contributed by atoms with E-state index in [9.17, 15) is 0 Å². The lowest BCUT2D eigenvalue weighted by Gasteiger charge is -2.14. The highest BCUT2D eigenvalue weighted by Gasteiger charge is 2.09. The van der Waals surface area contributed by atoms with Crippen molar-refractivity contribution in [2.45, 2.75) is 26.4 Å². The van der Waals surface area contributed by atoms with Gasteiger partial charge in [0.2, 0.25) is 5.95 Å². The Morgan fingerprint density at radius 3 is 2.54 bits per heavy atom. The molecule has 0 fully saturated rings. The molecule has 0 spiro atoms. The summed E-state index contributed by atoms with van der Waals surface area (Å²) in [6.07, 6.45) is 0. The summed E-state index contributed by atoms with van der Waals surface area (Å²) in [5.41, 5.74) is 2.00. The van der Waals surface area contributed by atoms with Gasteiger partial charge in [0.15, 0.2) is 0 Å². The fourth-order valence-corrected chi connectivity index (χ4v) is 2.56. The minimum atomic E-state index is 0.272. The Hall–Kier alpha value is -2.82. The Balaban J connectivity index is 1.92. The minimum Gasteiger partial charge on any atom is -0.496 e. The first kappa shape index (κ1) is 16.1. The molecule has 124 valence electrons. The number of para-hydroxylation sites is 2. The summed E-state index contributed by atoms with van der Waals surface area (Å²) in [5.74, 6) is 2.31. The number of hydrogen-bond acceptors (Lipinski definition) is 5. The normalized spacial score (nSPS) is 10.8. The van der Waals surface area contributed by atoms with E-state index >= 15 is 0 Å². The van der Waals surface area contributed by atoms with Gasteiger partial charge in [-0.1, -0.05) is 30.3 Å². The lowest BCUT2D eigenvalue weighted by molar-refractivity contribution is 0.410. The van der Waals surface area contributed by atoms with E-state index in [-0.39, 0.29) is 6.04 Å². The van der Waals surface area contributed by atoms with E-state index < -0.39 is 0 Å². The van der Waals surface area contributed by atoms with Gasteiger partial charge in [-0.25, -0.2) is 4.98 Å². The van der Waals surface area contributed by atoms with Crippen molar-refractivity contribution in [2.75, 3.05) is 17.7 Å². The van der Waals surface area contributed by atoms with Crippen LogP contribution in [0.25, 0.3) is 10.9 Å². The number of methoxy groups -OCH3 is 1. The summed E-state index contributed by atoms with van der Waals surface area (Å²) in [6.45, 7) is 4.77. The summed E-state index contributed by atoms with van der Waals surface area (Å²) < 4.78 is 5.41. The van der Waals surface area contributed by atoms with Crippen LogP contribution in [0, 0.1) is 0 Å². The van der Waals surface area contributed by atoms with Crippen LogP contribution < -0.4 is 15.4 Å². The molecule has 2 N–H and O–H groups in total. The molecule has 0 unspecified atom stereocenters. The molecule has 1 aromatic heterocycles. The maximum Gasteiger partial charge on any atom is 0.225 e. The topological polar surface area (TPSA) is 59.1 Å². The van der Waals surface area contributed by atoms with E-state index in [0.717, 1.165) is 28.0 Å². The highest BCUT2D eigenvalue weighted by Crippen LogP contribution is 2.24. The molecule has 0 atom stereocenters. The monoisotopic (exact) mass is 322 g/mol. The molecule has 0 bridgehead atoms. The molecule has 0 aliphatic rings. The maximum absolute atomic E-state index is 5.41. The zero-order chi connectivity index (χ0) is 16.9. The highest BCUT2D eigenvalue weighted by atomic mass is 16.5. The number of nitrogens with one attached hydrogen (secondary N) is 2. The number of ether oxygens (including phenoxy) is 1. The Morgan fingerprint density at radius 2 is 1.75 bits per heavy atom. The molecule has 0 amide bonds. The molecule has 3 aromatic rings. The van der Waals surface area contributed by atoms with Crippen LogP contribution in [0.1, 0.15) is 19.4 Å². The molecule has 1 heterocycles. The molecule has 2 aromatic carbocycles. The maximum atomic E-state index is 5.41. The standard InChI is InChI=1S/C19H22N4O/c1-13(2)21-19-22-16-10-6-5-9-15(16)18(23-19)20-12-14-8-4-7-11-17(14)24-3/h4-11,13H,12H2,1-3H3,(H2,20,21,22,23). The van der Waals surface area contributed by atoms with E-state index in [1.807, 2.05) is 48.5 Å². The molecule has 0 aliphatic carbocycles. The number of hydrogen-bond donors (Lipinski definition) is 2. The van der Waals surface area contributed by atoms with E-state index in [0.29, 0.717) is 12.5 Å². The van der Waals surface area contributed by atoms with Crippen molar-refractivity contribution in [3.05, 3.63) is 54.1 Å². The second-order valence-corrected chi connectivity index (χ2v) is 5.88. The number of nitrogens with zero attached hydrogens (tertiary/aromatic N) is 2. The van der Waals surface area contributed by atoms with Crippen LogP contribution in [0.4, 0.5) is 11.8 Å². The first-order valence-electron chi connectivity index (χ1n) is 8.06. The molecule has 0 saturated heterocycles. The Morgan fingerprint density at radius 1 is 1.00 bits per heavy atom. The number of benzene rings is 2. The third kappa shape index (κ3) is 3.56. The van der Waals surface area contributed by atoms with Gasteiger partial charge in [-0.3, -0.25) is 0 Å². The summed E-state index contributed by atoms with van der Waals surface area (Å²) in [6, 6.07) is 16.2. The van der Waals surface area contributed by atoms with Gasteiger partial charge in [0.1, 0.15) is 11.6 Å². The second-order valence-electron chi connectivity index (χ2n) is 5.88. The van der Waals surface area contributed by atoms with E-state index in [1.165, 1.54) is 0 Å². The minimum absolute atomic E-state index is 0.272. The number of rotatable bonds is 6. The highest BCUT2D eigenvalue weighted by molar-refractivity contribution is 5.90. The summed E-state index contributed by atoms with van der Waals surface area (Å²) in [5, 5.41) is 7.69. The fourth-order valence-electron chi connectivity index (χ4n) is 2.56. The number of fused-ring (bicyclic) bond motifs is 1. The molecule has 0 aliphatic heterocycles. The molecule has 3 rings (SSSR count). The Bertz CT molecular complexity index is 832. The van der Waals surface area contributed by atoms with Gasteiger partial charge in [-0.15, -0.1) is 0 Å². The van der Waals surface area contributed by atoms with E-state index in [4.69, 9.17) is 4.74 Å². The smallest absolute Gasteiger partial charge is 0.225 e. The molecular formula is C19H22N4O. The molecular weight excluding hydrogens is 300 g/mol. The SMILES string of the molecule is COc1ccccc1CNc1nc(NC(C)C)nc2ccccc12. The van der Waals surface area contributed by atoms with Crippen molar-refractivity contribution >= 4 is 22.7 Å². The Labute approximate surface area is 142 Å². The summed E-state index contributed by atoms with van der Waals surface area (Å²) >= 11 is 0. The summed E-state index contributed by atoms with van der Waals surface area (Å²) in [4.78, 5) is 9.22. The van der Waals surface area contributed by atoms with Gasteiger partial charge in [-0.05, 0) is 32.0 Å². The molecule has 5 heteroatoms. The van der Waals surface area contributed by atoms with Gasteiger partial charge in [-0.2, -0.15) is 4.98 Å². The predicted octanol–water partition coefficient (Wildman–Crippen LogP) is 4.07. The van der Waals surface area contributed by atoms with Crippen LogP contribution >= 0.6 is 0 Å². The van der Waals surface area contributed by atoms with Gasteiger partial charge >= 0.3 is 0 Å². The first-order chi connectivity index (χ1) is 11.7. The van der Waals surface area contributed by atoms with Gasteiger partial charge in [0.05, 0.1) is 12.6 Å². The molecule has 0 radical (unpaired) electrons. The summed E-state index contributed by atoms with van der Waals surface area (Å²) in [7, 11) is 1.68. The zero-order valence-electron chi connectivity index (χ0n) is 14.2. The fraction of sp³-hybridized carbons (Fsp3) is 0.263. The van der Waals surface area contributed by atoms with Crippen LogP contribution in [-0.2, 0) is 6.54 Å². The second kappa shape index (κ2) is 7.17. The lowest BCUT2D eigenvalue weighted by Crippen LogP contribution is -2.14. The predicted molar refractivity (Wildman–Crippen MR) is 98.6 cm³/mol. The molecule has 24 heavy (non-hydrogen) atoms. The quantitative estimate of drug-likeness (QED) is 0.716. The van der Waals surface area contributed by atoms with E-state index in [1.54, 1.807) is 7.11 Å². The van der Waals surface area contributed by atoms with Crippen LogP contribution in [-0.4, -0.2) is 23.1 Å². The third-order valence-electron chi connectivity index (χ3n) is 3.66. The van der Waals surface area contributed by atoms with Crippen LogP contribution in [0.3, 0.4) is 0 Å². The van der Waals surface area contributed by atoms with Crippen LogP contribution in [0.5, 0.6) is 5.75 Å². The number of aromatic nitrogens is 2. The average Bonchev–Trinajstić information content (AvgIpc) is 2.59. The Kier molecular flexibility index (Phi) is 4.79. The zero-order valence-corrected chi connectivity index (χ0v) is 14.2. The van der Waals surface area contributed by atoms with Crippen molar-refractivity contribution in [2.24, 2.45) is 0 Å². The average molecular weight is 322 g/mol. The van der Waals surface area contributed by atoms with Gasteiger partial charge in [0, 0.05) is 23.5 Å². The van der Waals surface area contributed by atoms with Crippen molar-refractivity contribution in [3.8, 4) is 5.75 Å². The van der Waals surface area contributed by atoms with Crippen molar-refractivity contribution in [1.29, 1.82) is 0 Å². The number of anilines is 2. The molecule has 5 nitrogen and oxygen atoms in total. The van der Waals surface area contributed by atoms with Crippen molar-refractivity contribution in [3.63, 3.8) is 0 Å². The first-order valence-corrected chi connectivity index (χ1v) is 8.06.